The van der Waals surface area contributed by atoms with Gasteiger partial charge in [-0.3, -0.25) is 14.2 Å². The van der Waals surface area contributed by atoms with Gasteiger partial charge < -0.3 is 5.32 Å². The summed E-state index contributed by atoms with van der Waals surface area (Å²) >= 11 is 1.22. The molecule has 0 saturated heterocycles. The number of nitrogens with one attached hydrogen (secondary N) is 1. The van der Waals surface area contributed by atoms with Gasteiger partial charge in [0.1, 0.15) is 0 Å². The Bertz CT molecular complexity index is 1470. The third kappa shape index (κ3) is 4.66. The molecule has 164 valence electrons. The summed E-state index contributed by atoms with van der Waals surface area (Å²) in [5.74, 6) is -0.246. The predicted molar refractivity (Wildman–Crippen MR) is 132 cm³/mol. The lowest BCUT2D eigenvalue weighted by molar-refractivity contribution is -0.115. The first kappa shape index (κ1) is 22.3. The molecule has 0 fully saturated rings. The van der Waals surface area contributed by atoms with Gasteiger partial charge in [0.05, 0.1) is 33.5 Å². The fourth-order valence-electron chi connectivity index (χ4n) is 3.41. The maximum absolute atomic E-state index is 13.4. The second-order valence-corrected chi connectivity index (χ2v) is 9.07. The van der Waals surface area contributed by atoms with Crippen molar-refractivity contribution in [1.29, 1.82) is 5.26 Å². The fraction of sp³-hybridized carbons (Fsp3) is 0.154. The predicted octanol–water partition coefficient (Wildman–Crippen LogP) is 4.99. The van der Waals surface area contributed by atoms with E-state index in [1.807, 2.05) is 44.2 Å². The maximum atomic E-state index is 13.4. The van der Waals surface area contributed by atoms with Crippen molar-refractivity contribution in [2.24, 2.45) is 0 Å². The van der Waals surface area contributed by atoms with Crippen molar-refractivity contribution in [3.05, 3.63) is 93.8 Å². The van der Waals surface area contributed by atoms with Gasteiger partial charge in [0.25, 0.3) is 5.56 Å². The van der Waals surface area contributed by atoms with E-state index in [0.717, 1.165) is 11.1 Å². The average molecular weight is 455 g/mol. The van der Waals surface area contributed by atoms with Crippen LogP contribution in [0.25, 0.3) is 16.6 Å². The standard InChI is InChI=1S/C26H22N4O2S/c1-16-11-12-21(13-17(16)2)30-25(32)22-9-4-5-10-23(22)29-26(30)33-18(3)24(31)28-20-8-6-7-19(14-20)15-27/h4-14,18H,1-3H3,(H,28,31). The number of carbonyl (C=O) groups excluding carboxylic acids is 1. The minimum atomic E-state index is -0.540. The second kappa shape index (κ2) is 9.31. The number of aromatic nitrogens is 2. The van der Waals surface area contributed by atoms with E-state index < -0.39 is 5.25 Å². The number of hydrogen-bond donors (Lipinski definition) is 1. The monoisotopic (exact) mass is 454 g/mol. The Kier molecular flexibility index (Phi) is 6.29. The van der Waals surface area contributed by atoms with E-state index in [-0.39, 0.29) is 11.5 Å². The van der Waals surface area contributed by atoms with Gasteiger partial charge in [0.15, 0.2) is 5.16 Å². The Hall–Kier alpha value is -3.89. The summed E-state index contributed by atoms with van der Waals surface area (Å²) in [7, 11) is 0. The number of rotatable bonds is 5. The molecule has 1 aromatic heterocycles. The number of amides is 1. The summed E-state index contributed by atoms with van der Waals surface area (Å²) in [5.41, 5.74) is 4.31. The lowest BCUT2D eigenvalue weighted by Gasteiger charge is -2.17. The first-order chi connectivity index (χ1) is 15.9. The molecule has 0 spiro atoms. The second-order valence-electron chi connectivity index (χ2n) is 7.76. The van der Waals surface area contributed by atoms with Crippen LogP contribution in [0.15, 0.2) is 76.7 Å². The molecule has 1 N–H and O–H groups in total. The number of nitriles is 1. The van der Waals surface area contributed by atoms with Crippen LogP contribution in [-0.2, 0) is 4.79 Å². The van der Waals surface area contributed by atoms with E-state index in [1.165, 1.54) is 11.8 Å². The van der Waals surface area contributed by atoms with Crippen LogP contribution in [0.5, 0.6) is 0 Å². The molecule has 7 heteroatoms. The third-order valence-electron chi connectivity index (χ3n) is 5.40. The molecule has 0 aliphatic carbocycles. The number of aryl methyl sites for hydroxylation is 2. The van der Waals surface area contributed by atoms with Crippen LogP contribution in [0.1, 0.15) is 23.6 Å². The highest BCUT2D eigenvalue weighted by atomic mass is 32.2. The van der Waals surface area contributed by atoms with Gasteiger partial charge in [-0.05, 0) is 74.4 Å². The van der Waals surface area contributed by atoms with Crippen molar-refractivity contribution in [3.8, 4) is 11.8 Å². The fourth-order valence-corrected chi connectivity index (χ4v) is 4.33. The Balaban J connectivity index is 1.73. The molecular formula is C26H22N4O2S. The van der Waals surface area contributed by atoms with Gasteiger partial charge in [0.2, 0.25) is 5.91 Å². The minimum Gasteiger partial charge on any atom is -0.325 e. The largest absolute Gasteiger partial charge is 0.325 e. The molecule has 0 radical (unpaired) electrons. The van der Waals surface area contributed by atoms with Crippen molar-refractivity contribution >= 4 is 34.3 Å². The summed E-state index contributed by atoms with van der Waals surface area (Å²) in [6, 6.07) is 21.8. The van der Waals surface area contributed by atoms with Gasteiger partial charge in [-0.25, -0.2) is 4.98 Å². The molecule has 1 unspecified atom stereocenters. The third-order valence-corrected chi connectivity index (χ3v) is 6.46. The molecule has 4 rings (SSSR count). The highest BCUT2D eigenvalue weighted by molar-refractivity contribution is 8.00. The summed E-state index contributed by atoms with van der Waals surface area (Å²) in [6.45, 7) is 5.78. The Labute approximate surface area is 195 Å². The zero-order valence-corrected chi connectivity index (χ0v) is 19.3. The zero-order chi connectivity index (χ0) is 23.5. The zero-order valence-electron chi connectivity index (χ0n) is 18.5. The number of carbonyl (C=O) groups is 1. The molecule has 0 bridgehead atoms. The maximum Gasteiger partial charge on any atom is 0.266 e. The van der Waals surface area contributed by atoms with Gasteiger partial charge >= 0.3 is 0 Å². The molecule has 1 amide bonds. The minimum absolute atomic E-state index is 0.180. The summed E-state index contributed by atoms with van der Waals surface area (Å²) in [5, 5.41) is 12.3. The molecule has 1 heterocycles. The number of thioether (sulfide) groups is 1. The molecule has 6 nitrogen and oxygen atoms in total. The molecule has 0 aliphatic rings. The Morgan fingerprint density at radius 1 is 1.06 bits per heavy atom. The summed E-state index contributed by atoms with van der Waals surface area (Å²) in [4.78, 5) is 31.0. The van der Waals surface area contributed by atoms with Gasteiger partial charge in [-0.15, -0.1) is 0 Å². The average Bonchev–Trinajstić information content (AvgIpc) is 2.81. The van der Waals surface area contributed by atoms with Crippen LogP contribution < -0.4 is 10.9 Å². The number of para-hydroxylation sites is 1. The Morgan fingerprint density at radius 2 is 1.85 bits per heavy atom. The molecular weight excluding hydrogens is 432 g/mol. The van der Waals surface area contributed by atoms with Crippen molar-refractivity contribution in [2.45, 2.75) is 31.2 Å². The molecule has 0 saturated carbocycles. The van der Waals surface area contributed by atoms with Crippen LogP contribution in [0.3, 0.4) is 0 Å². The van der Waals surface area contributed by atoms with Gasteiger partial charge in [-0.2, -0.15) is 5.26 Å². The van der Waals surface area contributed by atoms with Gasteiger partial charge in [0, 0.05) is 5.69 Å². The summed E-state index contributed by atoms with van der Waals surface area (Å²) in [6.07, 6.45) is 0. The van der Waals surface area contributed by atoms with E-state index in [4.69, 9.17) is 10.2 Å². The van der Waals surface area contributed by atoms with Crippen molar-refractivity contribution < 1.29 is 4.79 Å². The number of nitrogens with zero attached hydrogens (tertiary/aromatic N) is 3. The lowest BCUT2D eigenvalue weighted by atomic mass is 10.1. The number of hydrogen-bond acceptors (Lipinski definition) is 5. The van der Waals surface area contributed by atoms with Crippen LogP contribution in [0, 0.1) is 25.2 Å². The van der Waals surface area contributed by atoms with E-state index in [1.54, 1.807) is 47.9 Å². The topological polar surface area (TPSA) is 87.8 Å². The Morgan fingerprint density at radius 3 is 2.61 bits per heavy atom. The van der Waals surface area contributed by atoms with Crippen LogP contribution in [0.4, 0.5) is 5.69 Å². The van der Waals surface area contributed by atoms with Crippen molar-refractivity contribution in [2.75, 3.05) is 5.32 Å². The summed E-state index contributed by atoms with van der Waals surface area (Å²) < 4.78 is 1.57. The van der Waals surface area contributed by atoms with Crippen molar-refractivity contribution in [3.63, 3.8) is 0 Å². The molecule has 4 aromatic rings. The number of benzene rings is 3. The van der Waals surface area contributed by atoms with Crippen LogP contribution in [0.2, 0.25) is 0 Å². The lowest BCUT2D eigenvalue weighted by Crippen LogP contribution is -2.26. The SMILES string of the molecule is Cc1ccc(-n2c(SC(C)C(=O)Nc3cccc(C#N)c3)nc3ccccc3c2=O)cc1C. The quantitative estimate of drug-likeness (QED) is 0.339. The van der Waals surface area contributed by atoms with Crippen LogP contribution >= 0.6 is 11.8 Å². The van der Waals surface area contributed by atoms with E-state index in [2.05, 4.69) is 11.4 Å². The highest BCUT2D eigenvalue weighted by Crippen LogP contribution is 2.27. The molecule has 3 aromatic carbocycles. The number of anilines is 1. The molecule has 0 aliphatic heterocycles. The van der Waals surface area contributed by atoms with Gasteiger partial charge in [-0.1, -0.05) is 36.0 Å². The van der Waals surface area contributed by atoms with E-state index in [9.17, 15) is 9.59 Å². The highest BCUT2D eigenvalue weighted by Gasteiger charge is 2.21. The smallest absolute Gasteiger partial charge is 0.266 e. The molecule has 33 heavy (non-hydrogen) atoms. The first-order valence-electron chi connectivity index (χ1n) is 10.4. The van der Waals surface area contributed by atoms with Crippen LogP contribution in [-0.4, -0.2) is 20.7 Å². The van der Waals surface area contributed by atoms with E-state index >= 15 is 0 Å². The van der Waals surface area contributed by atoms with Crippen molar-refractivity contribution in [1.82, 2.24) is 9.55 Å². The van der Waals surface area contributed by atoms with E-state index in [0.29, 0.717) is 33.0 Å². The normalized spacial score (nSPS) is 11.7. The number of fused-ring (bicyclic) bond motifs is 1. The first-order valence-corrected chi connectivity index (χ1v) is 11.3. The molecule has 1 atom stereocenters.